The van der Waals surface area contributed by atoms with Crippen molar-refractivity contribution in [2.75, 3.05) is 17.4 Å². The fourth-order valence-electron chi connectivity index (χ4n) is 2.16. The number of thiazole rings is 1. The lowest BCUT2D eigenvalue weighted by atomic mass is 10.3. The van der Waals surface area contributed by atoms with Crippen LogP contribution in [0.5, 0.6) is 11.5 Å². The van der Waals surface area contributed by atoms with E-state index in [0.29, 0.717) is 27.3 Å². The van der Waals surface area contributed by atoms with Gasteiger partial charge in [-0.05, 0) is 24.3 Å². The van der Waals surface area contributed by atoms with E-state index in [1.165, 1.54) is 11.3 Å². The number of anilines is 2. The first-order valence-electron chi connectivity index (χ1n) is 6.71. The van der Waals surface area contributed by atoms with Crippen LogP contribution < -0.4 is 20.1 Å². The minimum absolute atomic E-state index is 0.223. The Morgan fingerprint density at radius 1 is 1.13 bits per heavy atom. The molecule has 0 saturated carbocycles. The van der Waals surface area contributed by atoms with Crippen LogP contribution in [0.2, 0.25) is 5.02 Å². The summed E-state index contributed by atoms with van der Waals surface area (Å²) in [6.07, 6.45) is 0. The number of nitrogens with one attached hydrogen (secondary N) is 2. The highest BCUT2D eigenvalue weighted by atomic mass is 35.5. The molecule has 3 aromatic rings. The van der Waals surface area contributed by atoms with Crippen molar-refractivity contribution >= 4 is 50.0 Å². The van der Waals surface area contributed by atoms with Crippen LogP contribution in [0.25, 0.3) is 10.2 Å². The molecule has 1 aliphatic heterocycles. The Balaban J connectivity index is 1.51. The molecule has 2 N–H and O–H groups in total. The molecule has 2 aromatic carbocycles. The molecule has 2 heterocycles. The van der Waals surface area contributed by atoms with E-state index in [2.05, 4.69) is 15.6 Å². The molecule has 0 spiro atoms. The van der Waals surface area contributed by atoms with Crippen LogP contribution in [-0.4, -0.2) is 17.8 Å². The maximum Gasteiger partial charge on any atom is 0.325 e. The summed E-state index contributed by atoms with van der Waals surface area (Å²) in [6, 6.07) is 10.1. The topological polar surface area (TPSA) is 72.5 Å². The number of carbonyl (C=O) groups excluding carboxylic acids is 1. The van der Waals surface area contributed by atoms with E-state index >= 15 is 0 Å². The van der Waals surface area contributed by atoms with Crippen LogP contribution in [0.1, 0.15) is 0 Å². The number of nitrogens with zero attached hydrogens (tertiary/aromatic N) is 1. The lowest BCUT2D eigenvalue weighted by molar-refractivity contribution is 0.174. The van der Waals surface area contributed by atoms with E-state index in [1.807, 2.05) is 6.07 Å². The van der Waals surface area contributed by atoms with Gasteiger partial charge in [-0.25, -0.2) is 9.78 Å². The summed E-state index contributed by atoms with van der Waals surface area (Å²) in [5.41, 5.74) is 1.40. The van der Waals surface area contributed by atoms with Gasteiger partial charge in [-0.15, -0.1) is 0 Å². The number of halogens is 1. The Labute approximate surface area is 140 Å². The summed E-state index contributed by atoms with van der Waals surface area (Å²) in [4.78, 5) is 16.4. The van der Waals surface area contributed by atoms with Gasteiger partial charge in [0.25, 0.3) is 0 Å². The Hall–Kier alpha value is -2.51. The molecule has 0 radical (unpaired) electrons. The molecule has 8 heteroatoms. The number of benzene rings is 2. The molecule has 23 heavy (non-hydrogen) atoms. The predicted molar refractivity (Wildman–Crippen MR) is 89.8 cm³/mol. The predicted octanol–water partition coefficient (Wildman–Crippen LogP) is 4.32. The Morgan fingerprint density at radius 2 is 1.87 bits per heavy atom. The summed E-state index contributed by atoms with van der Waals surface area (Å²) in [5, 5.41) is 6.53. The summed E-state index contributed by atoms with van der Waals surface area (Å²) < 4.78 is 11.6. The van der Waals surface area contributed by atoms with Crippen LogP contribution in [0.15, 0.2) is 36.4 Å². The van der Waals surface area contributed by atoms with Crippen molar-refractivity contribution in [3.8, 4) is 11.5 Å². The van der Waals surface area contributed by atoms with Gasteiger partial charge in [0.15, 0.2) is 16.6 Å². The molecule has 1 aliphatic rings. The lowest BCUT2D eigenvalue weighted by Gasteiger charge is -2.04. The van der Waals surface area contributed by atoms with Gasteiger partial charge in [-0.1, -0.05) is 22.9 Å². The van der Waals surface area contributed by atoms with Gasteiger partial charge in [-0.3, -0.25) is 5.32 Å². The van der Waals surface area contributed by atoms with Gasteiger partial charge in [-0.2, -0.15) is 0 Å². The second-order valence-electron chi connectivity index (χ2n) is 4.78. The van der Waals surface area contributed by atoms with E-state index in [0.717, 1.165) is 10.2 Å². The molecule has 1 aromatic heterocycles. The number of ether oxygens (including phenoxy) is 2. The molecule has 0 unspecified atom stereocenters. The molecule has 0 aliphatic carbocycles. The van der Waals surface area contributed by atoms with Crippen molar-refractivity contribution in [1.82, 2.24) is 4.98 Å². The summed E-state index contributed by atoms with van der Waals surface area (Å²) in [7, 11) is 0. The molecular weight excluding hydrogens is 338 g/mol. The van der Waals surface area contributed by atoms with Crippen LogP contribution in [0.4, 0.5) is 15.6 Å². The van der Waals surface area contributed by atoms with Crippen LogP contribution >= 0.6 is 22.9 Å². The van der Waals surface area contributed by atoms with Crippen molar-refractivity contribution in [1.29, 1.82) is 0 Å². The molecule has 6 nitrogen and oxygen atoms in total. The number of fused-ring (bicyclic) bond motifs is 2. The van der Waals surface area contributed by atoms with E-state index in [-0.39, 0.29) is 12.8 Å². The number of hydrogen-bond donors (Lipinski definition) is 2. The first kappa shape index (κ1) is 14.1. The van der Waals surface area contributed by atoms with Gasteiger partial charge in [0, 0.05) is 22.8 Å². The fourth-order valence-corrected chi connectivity index (χ4v) is 3.16. The second-order valence-corrected chi connectivity index (χ2v) is 6.25. The molecule has 0 atom stereocenters. The van der Waals surface area contributed by atoms with Gasteiger partial charge >= 0.3 is 6.03 Å². The van der Waals surface area contributed by atoms with Gasteiger partial charge < -0.3 is 14.8 Å². The summed E-state index contributed by atoms with van der Waals surface area (Å²) in [6.45, 7) is 0.223. The maximum absolute atomic E-state index is 12.0. The van der Waals surface area contributed by atoms with Crippen molar-refractivity contribution in [3.05, 3.63) is 41.4 Å². The quantitative estimate of drug-likeness (QED) is 0.724. The van der Waals surface area contributed by atoms with Crippen molar-refractivity contribution in [2.24, 2.45) is 0 Å². The SMILES string of the molecule is O=C(Nc1ccc(Cl)cc1)Nc1nc2cc3c(cc2s1)OCO3. The van der Waals surface area contributed by atoms with Gasteiger partial charge in [0.1, 0.15) is 0 Å². The normalized spacial score (nSPS) is 12.4. The average Bonchev–Trinajstić information content (AvgIpc) is 3.12. The van der Waals surface area contributed by atoms with Crippen LogP contribution in [0, 0.1) is 0 Å². The number of rotatable bonds is 2. The van der Waals surface area contributed by atoms with Gasteiger partial charge in [0.2, 0.25) is 6.79 Å². The minimum atomic E-state index is -0.369. The van der Waals surface area contributed by atoms with E-state index in [1.54, 1.807) is 30.3 Å². The summed E-state index contributed by atoms with van der Waals surface area (Å²) >= 11 is 7.17. The molecule has 4 rings (SSSR count). The second kappa shape index (κ2) is 5.60. The highest BCUT2D eigenvalue weighted by molar-refractivity contribution is 7.22. The lowest BCUT2D eigenvalue weighted by Crippen LogP contribution is -2.19. The number of carbonyl (C=O) groups is 1. The monoisotopic (exact) mass is 347 g/mol. The number of amides is 2. The maximum atomic E-state index is 12.0. The highest BCUT2D eigenvalue weighted by Crippen LogP contribution is 2.38. The third-order valence-electron chi connectivity index (χ3n) is 3.21. The Bertz CT molecular complexity index is 854. The molecule has 0 bridgehead atoms. The average molecular weight is 348 g/mol. The Morgan fingerprint density at radius 3 is 2.65 bits per heavy atom. The molecule has 2 amide bonds. The van der Waals surface area contributed by atoms with E-state index in [9.17, 15) is 4.79 Å². The number of urea groups is 1. The zero-order valence-corrected chi connectivity index (χ0v) is 13.2. The van der Waals surface area contributed by atoms with Crippen LogP contribution in [-0.2, 0) is 0 Å². The summed E-state index contributed by atoms with van der Waals surface area (Å²) in [5.74, 6) is 1.36. The fraction of sp³-hybridized carbons (Fsp3) is 0.0667. The smallest absolute Gasteiger partial charge is 0.325 e. The minimum Gasteiger partial charge on any atom is -0.454 e. The standard InChI is InChI=1S/C15H10ClN3O3S/c16-8-1-3-9(4-2-8)17-14(20)19-15-18-10-5-11-12(22-7-21-11)6-13(10)23-15/h1-6H,7H2,(H2,17,18,19,20). The van der Waals surface area contributed by atoms with Crippen molar-refractivity contribution in [2.45, 2.75) is 0 Å². The molecule has 0 saturated heterocycles. The highest BCUT2D eigenvalue weighted by Gasteiger charge is 2.17. The van der Waals surface area contributed by atoms with E-state index in [4.69, 9.17) is 21.1 Å². The zero-order valence-electron chi connectivity index (χ0n) is 11.6. The molecular formula is C15H10ClN3O3S. The Kier molecular flexibility index (Phi) is 3.44. The molecule has 116 valence electrons. The third kappa shape index (κ3) is 2.88. The first-order valence-corrected chi connectivity index (χ1v) is 7.90. The van der Waals surface area contributed by atoms with Gasteiger partial charge in [0.05, 0.1) is 10.2 Å². The zero-order chi connectivity index (χ0) is 15.8. The first-order chi connectivity index (χ1) is 11.2. The van der Waals surface area contributed by atoms with E-state index < -0.39 is 0 Å². The molecule has 0 fully saturated rings. The largest absolute Gasteiger partial charge is 0.454 e. The van der Waals surface area contributed by atoms with Crippen LogP contribution in [0.3, 0.4) is 0 Å². The van der Waals surface area contributed by atoms with Crippen molar-refractivity contribution < 1.29 is 14.3 Å². The third-order valence-corrected chi connectivity index (χ3v) is 4.39. The number of aromatic nitrogens is 1. The number of hydrogen-bond acceptors (Lipinski definition) is 5. The van der Waals surface area contributed by atoms with Crippen molar-refractivity contribution in [3.63, 3.8) is 0 Å².